The van der Waals surface area contributed by atoms with Gasteiger partial charge in [0.05, 0.1) is 46.5 Å². The van der Waals surface area contributed by atoms with Crippen molar-refractivity contribution in [2.75, 3.05) is 74.3 Å². The molecule has 3 rings (SSSR count). The summed E-state index contributed by atoms with van der Waals surface area (Å²) in [7, 11) is 6.55. The van der Waals surface area contributed by atoms with E-state index in [1.54, 1.807) is 21.3 Å². The van der Waals surface area contributed by atoms with E-state index in [1.807, 2.05) is 12.1 Å². The highest BCUT2D eigenvalue weighted by atomic mass is 127. The molecule has 0 radical (unpaired) electrons. The number of halogens is 1. The summed E-state index contributed by atoms with van der Waals surface area (Å²) in [5.41, 5.74) is 1.15. The minimum atomic E-state index is -0.117. The molecule has 10 heteroatoms. The molecule has 1 aromatic carbocycles. The second kappa shape index (κ2) is 13.8. The number of carbonyl (C=O) groups excluding carboxylic acids is 1. The Balaban J connectivity index is 0.00000385. The molecule has 1 aromatic rings. The number of hydrogen-bond donors (Lipinski definition) is 1. The summed E-state index contributed by atoms with van der Waals surface area (Å²) in [5, 5.41) is 3.56. The molecule has 0 bridgehead atoms. The lowest BCUT2D eigenvalue weighted by Gasteiger charge is -2.37. The van der Waals surface area contributed by atoms with Crippen LogP contribution in [0.2, 0.25) is 0 Å². The summed E-state index contributed by atoms with van der Waals surface area (Å²) in [4.78, 5) is 21.0. The molecule has 0 aliphatic carbocycles. The van der Waals surface area contributed by atoms with Gasteiger partial charge in [0.15, 0.2) is 17.5 Å². The zero-order chi connectivity index (χ0) is 22.9. The first kappa shape index (κ1) is 27.5. The van der Waals surface area contributed by atoms with Crippen molar-refractivity contribution in [3.63, 3.8) is 0 Å². The molecule has 2 heterocycles. The van der Waals surface area contributed by atoms with Crippen LogP contribution < -0.4 is 14.8 Å². The molecule has 2 fully saturated rings. The number of rotatable bonds is 7. The zero-order valence-electron chi connectivity index (χ0n) is 20.0. The molecule has 0 amide bonds. The number of morpholine rings is 1. The summed E-state index contributed by atoms with van der Waals surface area (Å²) >= 11 is 0. The van der Waals surface area contributed by atoms with Gasteiger partial charge in [-0.2, -0.15) is 0 Å². The third-order valence-electron chi connectivity index (χ3n) is 6.27. The van der Waals surface area contributed by atoms with Crippen LogP contribution in [0.1, 0.15) is 24.4 Å². The van der Waals surface area contributed by atoms with Crippen LogP contribution in [0.4, 0.5) is 0 Å². The average Bonchev–Trinajstić information content (AvgIpc) is 2.86. The molecule has 9 nitrogen and oxygen atoms in total. The lowest BCUT2D eigenvalue weighted by atomic mass is 9.97. The fourth-order valence-electron chi connectivity index (χ4n) is 4.42. The lowest BCUT2D eigenvalue weighted by molar-refractivity contribution is -0.146. The monoisotopic (exact) mass is 576 g/mol. The summed E-state index contributed by atoms with van der Waals surface area (Å²) in [6.07, 6.45) is 1.55. The third-order valence-corrected chi connectivity index (χ3v) is 6.27. The van der Waals surface area contributed by atoms with E-state index in [-0.39, 0.29) is 41.9 Å². The van der Waals surface area contributed by atoms with Gasteiger partial charge in [0.2, 0.25) is 0 Å². The molecule has 1 unspecified atom stereocenters. The number of guanidine groups is 1. The summed E-state index contributed by atoms with van der Waals surface area (Å²) in [6, 6.07) is 6.22. The number of aliphatic imine (C=N–C) groups is 1. The zero-order valence-corrected chi connectivity index (χ0v) is 22.4. The summed E-state index contributed by atoms with van der Waals surface area (Å²) < 4.78 is 21.4. The quantitative estimate of drug-likeness (QED) is 0.229. The predicted octanol–water partition coefficient (Wildman–Crippen LogP) is 2.16. The highest BCUT2D eigenvalue weighted by Crippen LogP contribution is 2.32. The number of esters is 1. The van der Waals surface area contributed by atoms with Gasteiger partial charge in [-0.25, -0.2) is 0 Å². The lowest BCUT2D eigenvalue weighted by Crippen LogP contribution is -2.49. The van der Waals surface area contributed by atoms with Gasteiger partial charge in [-0.3, -0.25) is 14.7 Å². The number of hydrogen-bond acceptors (Lipinski definition) is 7. The van der Waals surface area contributed by atoms with Crippen LogP contribution in [0.5, 0.6) is 11.5 Å². The smallest absolute Gasteiger partial charge is 0.308 e. The Kier molecular flexibility index (Phi) is 11.5. The molecule has 1 N–H and O–H groups in total. The third kappa shape index (κ3) is 7.10. The van der Waals surface area contributed by atoms with Crippen molar-refractivity contribution in [1.82, 2.24) is 15.1 Å². The van der Waals surface area contributed by atoms with Crippen molar-refractivity contribution in [1.29, 1.82) is 0 Å². The van der Waals surface area contributed by atoms with Crippen LogP contribution in [-0.4, -0.2) is 96.0 Å². The van der Waals surface area contributed by atoms with Gasteiger partial charge in [-0.1, -0.05) is 6.07 Å². The summed E-state index contributed by atoms with van der Waals surface area (Å²) in [6.45, 7) is 5.42. The maximum atomic E-state index is 11.8. The number of benzene rings is 1. The number of methoxy groups -OCH3 is 3. The molecule has 0 aromatic heterocycles. The second-order valence-electron chi connectivity index (χ2n) is 7.99. The normalized spacial score (nSPS) is 18.8. The van der Waals surface area contributed by atoms with E-state index in [9.17, 15) is 4.79 Å². The molecule has 0 spiro atoms. The maximum Gasteiger partial charge on any atom is 0.308 e. The van der Waals surface area contributed by atoms with Crippen molar-refractivity contribution in [2.45, 2.75) is 18.9 Å². The van der Waals surface area contributed by atoms with Gasteiger partial charge in [-0.05, 0) is 30.5 Å². The number of likely N-dealkylation sites (tertiary alicyclic amines) is 1. The highest BCUT2D eigenvalue weighted by molar-refractivity contribution is 14.0. The number of nitrogens with one attached hydrogen (secondary N) is 1. The molecular weight excluding hydrogens is 539 g/mol. The van der Waals surface area contributed by atoms with Crippen LogP contribution in [0.25, 0.3) is 0 Å². The number of piperidine rings is 1. The minimum absolute atomic E-state index is 0. The highest BCUT2D eigenvalue weighted by Gasteiger charge is 2.28. The molecule has 2 saturated heterocycles. The Labute approximate surface area is 213 Å². The Morgan fingerprint density at radius 2 is 1.79 bits per heavy atom. The fraction of sp³-hybridized carbons (Fsp3) is 0.652. The standard InChI is InChI=1S/C23H36N4O5.HI/c1-24-23(27-9-7-17(8-10-27)22(28)31-4)25-16-19(26-11-13-32-14-12-26)18-5-6-20(29-2)21(15-18)30-3;/h5-6,15,17,19H,7-14,16H2,1-4H3,(H,24,25);1H. The van der Waals surface area contributed by atoms with E-state index >= 15 is 0 Å². The van der Waals surface area contributed by atoms with Crippen molar-refractivity contribution in [2.24, 2.45) is 10.9 Å². The average molecular weight is 576 g/mol. The van der Waals surface area contributed by atoms with Crippen LogP contribution in [0.15, 0.2) is 23.2 Å². The minimum Gasteiger partial charge on any atom is -0.493 e. The molecule has 186 valence electrons. The Bertz CT molecular complexity index is 780. The Morgan fingerprint density at radius 1 is 1.12 bits per heavy atom. The molecule has 33 heavy (non-hydrogen) atoms. The molecule has 0 saturated carbocycles. The van der Waals surface area contributed by atoms with Gasteiger partial charge >= 0.3 is 5.97 Å². The number of nitrogens with zero attached hydrogens (tertiary/aromatic N) is 3. The van der Waals surface area contributed by atoms with Gasteiger partial charge in [-0.15, -0.1) is 24.0 Å². The summed E-state index contributed by atoms with van der Waals surface area (Å²) in [5.74, 6) is 2.15. The van der Waals surface area contributed by atoms with Crippen molar-refractivity contribution < 1.29 is 23.7 Å². The van der Waals surface area contributed by atoms with Crippen LogP contribution in [0.3, 0.4) is 0 Å². The first-order valence-corrected chi connectivity index (χ1v) is 11.2. The van der Waals surface area contributed by atoms with E-state index in [4.69, 9.17) is 18.9 Å². The Hall–Kier alpha value is -1.79. The van der Waals surface area contributed by atoms with Gasteiger partial charge in [0.1, 0.15) is 0 Å². The Morgan fingerprint density at radius 3 is 2.36 bits per heavy atom. The largest absolute Gasteiger partial charge is 0.493 e. The molecule has 2 aliphatic rings. The van der Waals surface area contributed by atoms with Crippen LogP contribution in [0, 0.1) is 5.92 Å². The van der Waals surface area contributed by atoms with Gasteiger partial charge in [0, 0.05) is 39.8 Å². The van der Waals surface area contributed by atoms with Crippen LogP contribution in [-0.2, 0) is 14.3 Å². The second-order valence-corrected chi connectivity index (χ2v) is 7.99. The molecule has 1 atom stereocenters. The van der Waals surface area contributed by atoms with Gasteiger partial charge in [0.25, 0.3) is 0 Å². The number of ether oxygens (including phenoxy) is 4. The maximum absolute atomic E-state index is 11.8. The molecule has 2 aliphatic heterocycles. The van der Waals surface area contributed by atoms with E-state index in [0.29, 0.717) is 12.3 Å². The predicted molar refractivity (Wildman–Crippen MR) is 138 cm³/mol. The first-order valence-electron chi connectivity index (χ1n) is 11.2. The van der Waals surface area contributed by atoms with Crippen molar-refractivity contribution in [3.8, 4) is 11.5 Å². The van der Waals surface area contributed by atoms with Crippen molar-refractivity contribution in [3.05, 3.63) is 23.8 Å². The van der Waals surface area contributed by atoms with Crippen LogP contribution >= 0.6 is 24.0 Å². The first-order chi connectivity index (χ1) is 15.6. The topological polar surface area (TPSA) is 84.9 Å². The van der Waals surface area contributed by atoms with E-state index in [0.717, 1.165) is 69.5 Å². The van der Waals surface area contributed by atoms with Gasteiger partial charge < -0.3 is 29.2 Å². The van der Waals surface area contributed by atoms with E-state index < -0.39 is 0 Å². The fourth-order valence-corrected chi connectivity index (χ4v) is 4.42. The van der Waals surface area contributed by atoms with Crippen molar-refractivity contribution >= 4 is 35.9 Å². The number of carbonyl (C=O) groups is 1. The van der Waals surface area contributed by atoms with E-state index in [2.05, 4.69) is 26.2 Å². The SMILES string of the molecule is CN=C(NCC(c1ccc(OC)c(OC)c1)N1CCOCC1)N1CCC(C(=O)OC)CC1.I. The molecular formula is C23H37IN4O5. The van der Waals surface area contributed by atoms with E-state index in [1.165, 1.54) is 7.11 Å².